The van der Waals surface area contributed by atoms with Gasteiger partial charge in [0.25, 0.3) is 0 Å². The van der Waals surface area contributed by atoms with Crippen molar-refractivity contribution in [1.82, 2.24) is 41.2 Å². The lowest BCUT2D eigenvalue weighted by atomic mass is 10.0. The van der Waals surface area contributed by atoms with E-state index >= 15 is 4.79 Å². The van der Waals surface area contributed by atoms with E-state index in [0.29, 0.717) is 34.0 Å². The Labute approximate surface area is 485 Å². The molecule has 0 bridgehead atoms. The first-order valence-electron chi connectivity index (χ1n) is 27.0. The molecule has 0 unspecified atom stereocenters. The monoisotopic (exact) mass is 1170 g/mol. The van der Waals surface area contributed by atoms with Gasteiger partial charge in [0.1, 0.15) is 42.9 Å². The third-order valence-electron chi connectivity index (χ3n) is 13.7. The van der Waals surface area contributed by atoms with Gasteiger partial charge in [-0.1, -0.05) is 127 Å². The van der Waals surface area contributed by atoms with E-state index in [9.17, 15) is 42.0 Å². The Morgan fingerprint density at radius 3 is 1.90 bits per heavy atom. The van der Waals surface area contributed by atoms with Gasteiger partial charge in [0, 0.05) is 42.5 Å². The molecule has 7 N–H and O–H groups in total. The average molecular weight is 1170 g/mol. The Morgan fingerprint density at radius 1 is 0.675 bits per heavy atom. The van der Waals surface area contributed by atoms with Gasteiger partial charge in [-0.3, -0.25) is 33.3 Å². The Hall–Kier alpha value is -8.38. The molecular weight excluding hydrogens is 1100 g/mol. The molecule has 1 aromatic heterocycles. The van der Waals surface area contributed by atoms with Gasteiger partial charge < -0.3 is 46.1 Å². The molecule has 7 atom stereocenters. The van der Waals surface area contributed by atoms with E-state index in [1.807, 2.05) is 13.0 Å². The molecule has 5 aromatic carbocycles. The number of nitrogens with zero attached hydrogens (tertiary/aromatic N) is 1. The summed E-state index contributed by atoms with van der Waals surface area (Å²) in [7, 11) is -2.81. The van der Waals surface area contributed by atoms with Gasteiger partial charge in [-0.25, -0.2) is 22.7 Å². The van der Waals surface area contributed by atoms with Gasteiger partial charge in [-0.15, -0.1) is 0 Å². The van der Waals surface area contributed by atoms with Crippen LogP contribution in [0.15, 0.2) is 151 Å². The largest absolute Gasteiger partial charge is 0.467 e. The molecule has 0 aliphatic carbocycles. The van der Waals surface area contributed by atoms with Gasteiger partial charge in [0.05, 0.1) is 30.2 Å². The number of hydrogen-bond donors (Lipinski definition) is 7. The van der Waals surface area contributed by atoms with Crippen molar-refractivity contribution >= 4 is 80.7 Å². The topological polar surface area (TPSA) is 288 Å². The molecule has 83 heavy (non-hydrogen) atoms. The van der Waals surface area contributed by atoms with Crippen LogP contribution in [0.5, 0.6) is 0 Å². The van der Waals surface area contributed by atoms with Gasteiger partial charge in [-0.05, 0) is 73.6 Å². The van der Waals surface area contributed by atoms with Crippen molar-refractivity contribution in [3.05, 3.63) is 174 Å². The smallest absolute Gasteiger partial charge is 0.408 e. The zero-order valence-corrected chi connectivity index (χ0v) is 47.8. The quantitative estimate of drug-likeness (QED) is 0.0321. The number of sulfonamides is 1. The highest BCUT2D eigenvalue weighted by Crippen LogP contribution is 2.23. The minimum Gasteiger partial charge on any atom is -0.467 e. The average Bonchev–Trinajstić information content (AvgIpc) is 3.93. The van der Waals surface area contributed by atoms with E-state index in [1.165, 1.54) is 29.8 Å². The van der Waals surface area contributed by atoms with Crippen LogP contribution in [0.4, 0.5) is 4.79 Å². The van der Waals surface area contributed by atoms with Crippen LogP contribution in [0.25, 0.3) is 10.9 Å². The van der Waals surface area contributed by atoms with Crippen molar-refractivity contribution in [1.29, 1.82) is 0 Å². The number of aryl methyl sites for hydroxylation is 1. The number of thioether (sulfide) groups is 1. The second kappa shape index (κ2) is 30.6. The second-order valence-electron chi connectivity index (χ2n) is 19.8. The van der Waals surface area contributed by atoms with Gasteiger partial charge in [0.15, 0.2) is 0 Å². The van der Waals surface area contributed by atoms with Crippen LogP contribution in [0.1, 0.15) is 54.0 Å². The maximum Gasteiger partial charge on any atom is 0.408 e. The van der Waals surface area contributed by atoms with Crippen molar-refractivity contribution < 1.29 is 61.0 Å². The summed E-state index contributed by atoms with van der Waals surface area (Å²) in [6.07, 6.45) is -0.157. The summed E-state index contributed by atoms with van der Waals surface area (Å²) < 4.78 is 47.1. The van der Waals surface area contributed by atoms with Crippen LogP contribution >= 0.6 is 11.8 Å². The van der Waals surface area contributed by atoms with E-state index in [-0.39, 0.29) is 68.3 Å². The third-order valence-corrected chi connectivity index (χ3v) is 16.3. The predicted octanol–water partition coefficient (Wildman–Crippen LogP) is 4.17. The highest BCUT2D eigenvalue weighted by molar-refractivity contribution is 7.99. The molecule has 23 heteroatoms. The van der Waals surface area contributed by atoms with Crippen molar-refractivity contribution in [2.24, 2.45) is 0 Å². The zero-order chi connectivity index (χ0) is 59.3. The second-order valence-corrected chi connectivity index (χ2v) is 22.7. The van der Waals surface area contributed by atoms with Crippen molar-refractivity contribution in [3.8, 4) is 0 Å². The van der Waals surface area contributed by atoms with Gasteiger partial charge in [-0.2, -0.15) is 11.8 Å². The first kappa shape index (κ1) is 62.2. The molecule has 21 nitrogen and oxygen atoms in total. The zero-order valence-electron chi connectivity index (χ0n) is 46.1. The predicted molar refractivity (Wildman–Crippen MR) is 311 cm³/mol. The van der Waals surface area contributed by atoms with Crippen LogP contribution < -0.4 is 36.6 Å². The van der Waals surface area contributed by atoms with Crippen LogP contribution in [-0.4, -0.2) is 129 Å². The molecule has 1 aliphatic heterocycles. The number of unbranched alkanes of at least 4 members (excludes halogenated alkanes) is 1. The number of fused-ring (bicyclic) bond motifs is 1. The molecule has 1 aliphatic rings. The molecule has 6 amide bonds. The number of para-hydroxylation sites is 1. The lowest BCUT2D eigenvalue weighted by molar-refractivity contribution is -0.145. The van der Waals surface area contributed by atoms with E-state index in [2.05, 4.69) is 36.6 Å². The van der Waals surface area contributed by atoms with Gasteiger partial charge >= 0.3 is 12.1 Å². The first-order valence-corrected chi connectivity index (χ1v) is 29.6. The number of hydrogen-bond acceptors (Lipinski definition) is 14. The fourth-order valence-electron chi connectivity index (χ4n) is 9.10. The van der Waals surface area contributed by atoms with E-state index in [1.54, 1.807) is 121 Å². The lowest BCUT2D eigenvalue weighted by Crippen LogP contribution is -2.61. The van der Waals surface area contributed by atoms with E-state index in [4.69, 9.17) is 14.2 Å². The third kappa shape index (κ3) is 18.3. The minimum atomic E-state index is -3.92. The standard InChI is InChI=1S/C60H68N8O13S2/c1-39-26-28-45(29-27-39)83(77,78)61-30-16-15-24-47-54(70)67-53(40(2)80-34-42-19-9-5-10-20-42)58(74)65-51(59(75)79-3)37-82-36-50(66-60(76)81-35-43-21-11-6-12-22-43)57(73)63-48(31-41-17-7-4-8-18-41)55(71)64-49(56(72)62-47)32-44-33-68(38-69)52-25-14-13-23-46(44)52/h4-14,17-23,25-29,33,38,40,47-51,53,61H,15-16,24,30-32,34-37H2,1-3H3,(H,62,72)(H,63,73)(H,64,71)(H,65,74)(H,66,76)(H,67,70)/t40-,47+,48+,49-,50+,51+,53+/m1/s1. The molecule has 6 aromatic rings. The number of rotatable bonds is 20. The highest BCUT2D eigenvalue weighted by atomic mass is 32.2. The lowest BCUT2D eigenvalue weighted by Gasteiger charge is -2.29. The number of methoxy groups -OCH3 is 1. The number of ether oxygens (including phenoxy) is 3. The fourth-order valence-corrected chi connectivity index (χ4v) is 11.2. The van der Waals surface area contributed by atoms with Crippen molar-refractivity contribution in [2.45, 2.75) is 106 Å². The van der Waals surface area contributed by atoms with E-state index < -0.39 is 94.0 Å². The van der Waals surface area contributed by atoms with Crippen molar-refractivity contribution in [2.75, 3.05) is 25.2 Å². The number of alkyl carbamates (subject to hydrolysis) is 1. The van der Waals surface area contributed by atoms with Crippen LogP contribution in [0.3, 0.4) is 0 Å². The number of amides is 6. The SMILES string of the molecule is COC(=O)[C@@H]1CSC[C@H](NC(=O)OCc2ccccc2)C(=O)N[C@@H](Cc2ccccc2)C(=O)N[C@H](Cc2cn(C=O)c3ccccc23)C(=O)N[C@@H](CCCCNS(=O)(=O)c2ccc(C)cc2)C(=O)N[C@@H]([C@@H](C)OCc2ccccc2)C(=O)N1. The molecule has 0 radical (unpaired) electrons. The maximum absolute atomic E-state index is 15.1. The molecule has 438 valence electrons. The number of benzene rings is 5. The molecule has 0 spiro atoms. The summed E-state index contributed by atoms with van der Waals surface area (Å²) in [5.41, 5.74) is 3.83. The van der Waals surface area contributed by atoms with E-state index in [0.717, 1.165) is 30.0 Å². The molecule has 0 saturated carbocycles. The summed E-state index contributed by atoms with van der Waals surface area (Å²) in [5, 5.41) is 17.0. The Bertz CT molecular complexity index is 3300. The molecule has 7 rings (SSSR count). The number of nitrogens with one attached hydrogen (secondary N) is 7. The molecular formula is C60H68N8O13S2. The number of aromatic nitrogens is 1. The van der Waals surface area contributed by atoms with Crippen LogP contribution in [-0.2, 0) is 83.9 Å². The molecule has 1 saturated heterocycles. The van der Waals surface area contributed by atoms with Crippen LogP contribution in [0.2, 0.25) is 0 Å². The summed E-state index contributed by atoms with van der Waals surface area (Å²) >= 11 is 0.976. The minimum absolute atomic E-state index is 0.00596. The Morgan fingerprint density at radius 2 is 1.25 bits per heavy atom. The highest BCUT2D eigenvalue weighted by Gasteiger charge is 2.37. The molecule has 1 fully saturated rings. The normalized spacial score (nSPS) is 19.9. The summed E-state index contributed by atoms with van der Waals surface area (Å²) in [4.78, 5) is 114. The van der Waals surface area contributed by atoms with Gasteiger partial charge in [0.2, 0.25) is 46.0 Å². The Kier molecular flexibility index (Phi) is 22.9. The Balaban J connectivity index is 1.26. The molecule has 2 heterocycles. The summed E-state index contributed by atoms with van der Waals surface area (Å²) in [5.74, 6) is -5.70. The van der Waals surface area contributed by atoms with Crippen molar-refractivity contribution in [3.63, 3.8) is 0 Å². The number of esters is 1. The maximum atomic E-state index is 15.1. The summed E-state index contributed by atoms with van der Waals surface area (Å²) in [6, 6.07) is 31.0. The first-order chi connectivity index (χ1) is 40.0. The fraction of sp³-hybridized carbons (Fsp3) is 0.333. The number of carbonyl (C=O) groups excluding carboxylic acids is 8. The van der Waals surface area contributed by atoms with Crippen LogP contribution in [0, 0.1) is 6.92 Å². The summed E-state index contributed by atoms with van der Waals surface area (Å²) in [6.45, 7) is 3.16. The number of carbonyl (C=O) groups is 8.